The van der Waals surface area contributed by atoms with Gasteiger partial charge in [0.1, 0.15) is 34.5 Å². The Morgan fingerprint density at radius 2 is 1.76 bits per heavy atom. The zero-order chi connectivity index (χ0) is 31.5. The third-order valence-electron chi connectivity index (χ3n) is 9.53. The van der Waals surface area contributed by atoms with E-state index in [4.69, 9.17) is 0 Å². The van der Waals surface area contributed by atoms with E-state index in [0.717, 1.165) is 42.7 Å². The molecule has 2 aliphatic heterocycles. The SMILES string of the molecule is C.CC(=O)c1nn(CC(=O)N2C3CC3(CN3CCCC3)C[C@H]2C(=O)Nc2nc(Br)ccc2C)c2ccc(-c3cnc(C)nc3)cc12. The number of ketones is 1. The van der Waals surface area contributed by atoms with Gasteiger partial charge in [-0.3, -0.25) is 19.1 Å². The lowest BCUT2D eigenvalue weighted by atomic mass is 9.98. The second kappa shape index (κ2) is 12.3. The van der Waals surface area contributed by atoms with Crippen LogP contribution in [0, 0.1) is 19.3 Å². The standard InChI is InChI=1S/C33H35BrN8O3.CH4/c1-19-6-9-28(34)37-31(19)38-32(45)26-13-33(18-40-10-4-5-11-40)14-27(33)42(26)29(44)17-41-25-8-7-22(23-15-35-21(3)36-16-23)12-24(25)30(39-41)20(2)43;/h6-9,12,15-16,26-27H,4-5,10-11,13-14,17-18H2,1-3H3,(H,37,38,45);1H4/t26-,27?,33?;/m0./s1. The second-order valence-electron chi connectivity index (χ2n) is 12.7. The summed E-state index contributed by atoms with van der Waals surface area (Å²) in [6, 6.07) is 8.78. The molecule has 1 aliphatic carbocycles. The van der Waals surface area contributed by atoms with E-state index in [0.29, 0.717) is 39.3 Å². The molecule has 2 amide bonds. The van der Waals surface area contributed by atoms with Crippen LogP contribution in [0.2, 0.25) is 0 Å². The van der Waals surface area contributed by atoms with Gasteiger partial charge in [0.2, 0.25) is 11.8 Å². The van der Waals surface area contributed by atoms with Gasteiger partial charge in [-0.25, -0.2) is 15.0 Å². The van der Waals surface area contributed by atoms with Crippen LogP contribution in [-0.4, -0.2) is 83.8 Å². The highest BCUT2D eigenvalue weighted by Crippen LogP contribution is 2.60. The van der Waals surface area contributed by atoms with Crippen molar-refractivity contribution in [2.75, 3.05) is 25.0 Å². The molecule has 1 saturated carbocycles. The molecule has 0 spiro atoms. The number of nitrogens with zero attached hydrogens (tertiary/aromatic N) is 7. The number of amides is 2. The highest BCUT2D eigenvalue weighted by molar-refractivity contribution is 9.10. The lowest BCUT2D eigenvalue weighted by Gasteiger charge is -2.27. The number of hydrogen-bond acceptors (Lipinski definition) is 8. The summed E-state index contributed by atoms with van der Waals surface area (Å²) >= 11 is 3.40. The van der Waals surface area contributed by atoms with Gasteiger partial charge in [0.15, 0.2) is 5.78 Å². The van der Waals surface area contributed by atoms with Crippen LogP contribution < -0.4 is 5.32 Å². The molecule has 7 rings (SSSR count). The molecule has 1 N–H and O–H groups in total. The summed E-state index contributed by atoms with van der Waals surface area (Å²) in [5, 5.41) is 8.28. The Morgan fingerprint density at radius 1 is 1.02 bits per heavy atom. The fourth-order valence-electron chi connectivity index (χ4n) is 7.15. The number of nitrogens with one attached hydrogen (secondary N) is 1. The quantitative estimate of drug-likeness (QED) is 0.198. The Labute approximate surface area is 276 Å². The first-order chi connectivity index (χ1) is 21.6. The number of likely N-dealkylation sites (tertiary alicyclic amines) is 2. The Kier molecular flexibility index (Phi) is 8.53. The number of carbonyl (C=O) groups is 3. The van der Waals surface area contributed by atoms with Crippen molar-refractivity contribution in [1.82, 2.24) is 34.5 Å². The first-order valence-corrected chi connectivity index (χ1v) is 16.2. The molecular formula is C34H39BrN8O3. The Balaban J connectivity index is 0.00000372. The lowest BCUT2D eigenvalue weighted by Crippen LogP contribution is -2.47. The minimum atomic E-state index is -0.624. The molecule has 11 nitrogen and oxygen atoms in total. The number of fused-ring (bicyclic) bond motifs is 2. The number of carbonyl (C=O) groups excluding carboxylic acids is 3. The van der Waals surface area contributed by atoms with Gasteiger partial charge >= 0.3 is 0 Å². The molecule has 240 valence electrons. The third-order valence-corrected chi connectivity index (χ3v) is 9.98. The fraction of sp³-hybridized carbons (Fsp3) is 0.441. The summed E-state index contributed by atoms with van der Waals surface area (Å²) in [4.78, 5) is 58.0. The number of aromatic nitrogens is 5. The van der Waals surface area contributed by atoms with Crippen molar-refractivity contribution in [3.63, 3.8) is 0 Å². The van der Waals surface area contributed by atoms with E-state index in [1.807, 2.05) is 44.2 Å². The van der Waals surface area contributed by atoms with Gasteiger partial charge < -0.3 is 15.1 Å². The summed E-state index contributed by atoms with van der Waals surface area (Å²) in [7, 11) is 0. The van der Waals surface area contributed by atoms with Gasteiger partial charge in [0.05, 0.1) is 5.52 Å². The summed E-state index contributed by atoms with van der Waals surface area (Å²) in [6.07, 6.45) is 7.36. The van der Waals surface area contributed by atoms with Crippen molar-refractivity contribution in [1.29, 1.82) is 0 Å². The lowest BCUT2D eigenvalue weighted by molar-refractivity contribution is -0.138. The molecule has 3 atom stereocenters. The van der Waals surface area contributed by atoms with Crippen molar-refractivity contribution in [3.8, 4) is 11.1 Å². The van der Waals surface area contributed by atoms with Gasteiger partial charge in [-0.05, 0) is 97.9 Å². The van der Waals surface area contributed by atoms with Gasteiger partial charge in [-0.1, -0.05) is 19.6 Å². The zero-order valence-electron chi connectivity index (χ0n) is 25.6. The molecule has 2 saturated heterocycles. The van der Waals surface area contributed by atoms with Crippen LogP contribution in [0.1, 0.15) is 61.9 Å². The molecule has 3 aliphatic rings. The molecule has 3 fully saturated rings. The Morgan fingerprint density at radius 3 is 2.48 bits per heavy atom. The number of benzene rings is 1. The summed E-state index contributed by atoms with van der Waals surface area (Å²) in [5.74, 6) is 0.549. The van der Waals surface area contributed by atoms with Crippen LogP contribution in [0.3, 0.4) is 0 Å². The predicted octanol–water partition coefficient (Wildman–Crippen LogP) is 5.20. The maximum Gasteiger partial charge on any atom is 0.248 e. The second-order valence-corrected chi connectivity index (χ2v) is 13.5. The Bertz CT molecular complexity index is 1830. The molecule has 46 heavy (non-hydrogen) atoms. The van der Waals surface area contributed by atoms with Crippen LogP contribution in [-0.2, 0) is 16.1 Å². The molecule has 4 aromatic rings. The number of aryl methyl sites for hydroxylation is 2. The summed E-state index contributed by atoms with van der Waals surface area (Å²) in [5.41, 5.74) is 3.41. The molecular weight excluding hydrogens is 648 g/mol. The molecule has 3 aromatic heterocycles. The molecule has 1 aromatic carbocycles. The number of anilines is 1. The topological polar surface area (TPSA) is 126 Å². The van der Waals surface area contributed by atoms with E-state index in [9.17, 15) is 14.4 Å². The van der Waals surface area contributed by atoms with Crippen molar-refractivity contribution in [3.05, 3.63) is 64.4 Å². The Hall–Kier alpha value is -4.03. The molecule has 2 unspecified atom stereocenters. The summed E-state index contributed by atoms with van der Waals surface area (Å²) in [6.45, 7) is 8.13. The van der Waals surface area contributed by atoms with Crippen molar-refractivity contribution in [2.45, 2.75) is 72.5 Å². The van der Waals surface area contributed by atoms with Gasteiger partial charge in [-0.15, -0.1) is 0 Å². The minimum Gasteiger partial charge on any atom is -0.325 e. The maximum absolute atomic E-state index is 14.2. The average molecular weight is 688 g/mol. The van der Waals surface area contributed by atoms with Gasteiger partial charge in [0.25, 0.3) is 0 Å². The number of piperidine rings is 1. The monoisotopic (exact) mass is 686 g/mol. The average Bonchev–Trinajstić information content (AvgIpc) is 3.34. The van der Waals surface area contributed by atoms with Crippen molar-refractivity contribution < 1.29 is 14.4 Å². The molecule has 0 bridgehead atoms. The first kappa shape index (κ1) is 31.9. The molecule has 5 heterocycles. The van der Waals surface area contributed by atoms with Gasteiger partial charge in [0, 0.05) is 48.3 Å². The highest BCUT2D eigenvalue weighted by Gasteiger charge is 2.67. The minimum absolute atomic E-state index is 0. The number of rotatable bonds is 8. The van der Waals surface area contributed by atoms with Crippen LogP contribution >= 0.6 is 15.9 Å². The van der Waals surface area contributed by atoms with E-state index in [-0.39, 0.29) is 43.0 Å². The van der Waals surface area contributed by atoms with Crippen LogP contribution in [0.5, 0.6) is 0 Å². The number of pyridine rings is 1. The normalized spacial score (nSPS) is 22.0. The van der Waals surface area contributed by atoms with E-state index >= 15 is 0 Å². The summed E-state index contributed by atoms with van der Waals surface area (Å²) < 4.78 is 2.22. The number of Topliss-reactive ketones (excluding diaryl/α,β-unsaturated/α-hetero) is 1. The van der Waals surface area contributed by atoms with Crippen molar-refractivity contribution >= 4 is 50.2 Å². The number of halogens is 1. The van der Waals surface area contributed by atoms with E-state index in [1.54, 1.807) is 22.0 Å². The van der Waals surface area contributed by atoms with Crippen LogP contribution in [0.25, 0.3) is 22.0 Å². The van der Waals surface area contributed by atoms with Crippen LogP contribution in [0.15, 0.2) is 47.3 Å². The van der Waals surface area contributed by atoms with Gasteiger partial charge in [-0.2, -0.15) is 5.10 Å². The van der Waals surface area contributed by atoms with Crippen molar-refractivity contribution in [2.24, 2.45) is 5.41 Å². The van der Waals surface area contributed by atoms with Crippen LogP contribution in [0.4, 0.5) is 5.82 Å². The largest absolute Gasteiger partial charge is 0.325 e. The maximum atomic E-state index is 14.2. The molecule has 0 radical (unpaired) electrons. The van der Waals surface area contributed by atoms with E-state index in [2.05, 4.69) is 46.2 Å². The highest BCUT2D eigenvalue weighted by atomic mass is 79.9. The zero-order valence-corrected chi connectivity index (χ0v) is 27.2. The predicted molar refractivity (Wildman–Crippen MR) is 179 cm³/mol. The first-order valence-electron chi connectivity index (χ1n) is 15.4. The number of hydrogen-bond donors (Lipinski definition) is 1. The van der Waals surface area contributed by atoms with E-state index < -0.39 is 6.04 Å². The third kappa shape index (κ3) is 5.84. The smallest absolute Gasteiger partial charge is 0.248 e. The fourth-order valence-corrected chi connectivity index (χ4v) is 7.46. The molecule has 12 heteroatoms. The van der Waals surface area contributed by atoms with E-state index in [1.165, 1.54) is 19.8 Å².